The molecule has 0 bridgehead atoms. The number of benzene rings is 2. The van der Waals surface area contributed by atoms with Crippen LogP contribution in [0.1, 0.15) is 37.8 Å². The van der Waals surface area contributed by atoms with Crippen LogP contribution in [-0.2, 0) is 10.2 Å². The average Bonchev–Trinajstić information content (AvgIpc) is 2.99. The maximum Gasteiger partial charge on any atom is 0.262 e. The van der Waals surface area contributed by atoms with Crippen LogP contribution in [0.3, 0.4) is 0 Å². The Bertz CT molecular complexity index is 947. The minimum atomic E-state index is -0.225. The third-order valence-electron chi connectivity index (χ3n) is 4.51. The Kier molecular flexibility index (Phi) is 5.54. The van der Waals surface area contributed by atoms with E-state index in [9.17, 15) is 4.79 Å². The molecule has 1 heterocycles. The van der Waals surface area contributed by atoms with Gasteiger partial charge >= 0.3 is 0 Å². The van der Waals surface area contributed by atoms with Crippen molar-refractivity contribution in [2.75, 3.05) is 11.9 Å². The highest BCUT2D eigenvalue weighted by Crippen LogP contribution is 2.25. The number of carbonyl (C=O) groups excluding carboxylic acids is 1. The van der Waals surface area contributed by atoms with Crippen LogP contribution >= 0.6 is 0 Å². The van der Waals surface area contributed by atoms with Gasteiger partial charge in [-0.25, -0.2) is 4.98 Å². The van der Waals surface area contributed by atoms with Gasteiger partial charge in [0.1, 0.15) is 11.5 Å². The lowest BCUT2D eigenvalue weighted by molar-refractivity contribution is -0.118. The molecule has 0 fully saturated rings. The number of nitrogens with one attached hydrogen (secondary N) is 1. The van der Waals surface area contributed by atoms with Crippen LogP contribution in [0, 0.1) is 13.8 Å². The van der Waals surface area contributed by atoms with Crippen LogP contribution in [0.4, 0.5) is 5.69 Å². The molecule has 3 rings (SSSR count). The zero-order chi connectivity index (χ0) is 20.3. The molecule has 5 heteroatoms. The van der Waals surface area contributed by atoms with Crippen molar-refractivity contribution in [3.8, 4) is 17.2 Å². The fourth-order valence-corrected chi connectivity index (χ4v) is 2.72. The van der Waals surface area contributed by atoms with Crippen molar-refractivity contribution in [2.45, 2.75) is 40.0 Å². The van der Waals surface area contributed by atoms with Crippen molar-refractivity contribution >= 4 is 11.6 Å². The molecule has 1 aromatic heterocycles. The first-order valence-electron chi connectivity index (χ1n) is 9.30. The molecule has 0 radical (unpaired) electrons. The first-order valence-corrected chi connectivity index (χ1v) is 9.30. The summed E-state index contributed by atoms with van der Waals surface area (Å²) in [5.74, 6) is 1.77. The number of aromatic nitrogens is 1. The minimum absolute atomic E-state index is 0.0592. The Hall–Kier alpha value is -3.08. The number of ether oxygens (including phenoxy) is 1. The molecule has 1 N–H and O–H groups in total. The number of aryl methyl sites for hydroxylation is 2. The summed E-state index contributed by atoms with van der Waals surface area (Å²) in [6.07, 6.45) is 0. The number of oxazole rings is 1. The summed E-state index contributed by atoms with van der Waals surface area (Å²) in [4.78, 5) is 16.6. The van der Waals surface area contributed by atoms with E-state index < -0.39 is 0 Å². The molecule has 3 aromatic rings. The summed E-state index contributed by atoms with van der Waals surface area (Å²) in [6, 6.07) is 15.2. The van der Waals surface area contributed by atoms with Gasteiger partial charge in [-0.3, -0.25) is 4.79 Å². The van der Waals surface area contributed by atoms with Gasteiger partial charge in [0.05, 0.1) is 5.69 Å². The van der Waals surface area contributed by atoms with E-state index in [1.807, 2.05) is 62.4 Å². The molecule has 1 amide bonds. The number of nitrogens with zero attached hydrogens (tertiary/aromatic N) is 1. The van der Waals surface area contributed by atoms with Gasteiger partial charge in [-0.1, -0.05) is 39.0 Å². The largest absolute Gasteiger partial charge is 0.484 e. The third-order valence-corrected chi connectivity index (χ3v) is 4.51. The first-order chi connectivity index (χ1) is 13.2. The fraction of sp³-hybridized carbons (Fsp3) is 0.304. The highest BCUT2D eigenvalue weighted by molar-refractivity contribution is 5.92. The maximum absolute atomic E-state index is 12.2. The maximum atomic E-state index is 12.2. The zero-order valence-electron chi connectivity index (χ0n) is 17.0. The molecule has 0 aliphatic rings. The highest BCUT2D eigenvalue weighted by atomic mass is 16.5. The second-order valence-corrected chi connectivity index (χ2v) is 7.85. The van der Waals surface area contributed by atoms with Gasteiger partial charge in [-0.15, -0.1) is 0 Å². The molecule has 0 spiro atoms. The van der Waals surface area contributed by atoms with Gasteiger partial charge < -0.3 is 14.5 Å². The number of carbonyl (C=O) groups is 1. The van der Waals surface area contributed by atoms with Crippen LogP contribution < -0.4 is 10.1 Å². The first kappa shape index (κ1) is 19.7. The number of rotatable bonds is 5. The summed E-state index contributed by atoms with van der Waals surface area (Å²) in [6.45, 7) is 10.2. The third kappa shape index (κ3) is 4.80. The van der Waals surface area contributed by atoms with E-state index in [0.717, 1.165) is 17.0 Å². The van der Waals surface area contributed by atoms with Gasteiger partial charge in [0.25, 0.3) is 5.91 Å². The quantitative estimate of drug-likeness (QED) is 0.656. The second-order valence-electron chi connectivity index (χ2n) is 7.85. The molecule has 146 valence electrons. The van der Waals surface area contributed by atoms with E-state index in [-0.39, 0.29) is 17.9 Å². The lowest BCUT2D eigenvalue weighted by Gasteiger charge is -2.19. The lowest BCUT2D eigenvalue weighted by atomic mass is 9.87. The van der Waals surface area contributed by atoms with E-state index in [0.29, 0.717) is 17.3 Å². The smallest absolute Gasteiger partial charge is 0.262 e. The summed E-state index contributed by atoms with van der Waals surface area (Å²) in [5, 5.41) is 2.85. The van der Waals surface area contributed by atoms with Gasteiger partial charge in [0.2, 0.25) is 5.89 Å². The molecule has 5 nitrogen and oxygen atoms in total. The molecular formula is C23H26N2O3. The molecule has 0 saturated heterocycles. The van der Waals surface area contributed by atoms with Crippen molar-refractivity contribution in [1.82, 2.24) is 4.98 Å². The van der Waals surface area contributed by atoms with Crippen LogP contribution in [0.2, 0.25) is 0 Å². The minimum Gasteiger partial charge on any atom is -0.484 e. The topological polar surface area (TPSA) is 64.4 Å². The molecule has 0 aliphatic heterocycles. The van der Waals surface area contributed by atoms with Crippen LogP contribution in [0.15, 0.2) is 52.9 Å². The molecule has 28 heavy (non-hydrogen) atoms. The van der Waals surface area contributed by atoms with Gasteiger partial charge in [-0.2, -0.15) is 0 Å². The Labute approximate surface area is 165 Å². The van der Waals surface area contributed by atoms with Gasteiger partial charge in [-0.05, 0) is 55.2 Å². The summed E-state index contributed by atoms with van der Waals surface area (Å²) in [5.41, 5.74) is 3.64. The number of anilines is 1. The van der Waals surface area contributed by atoms with Crippen LogP contribution in [0.5, 0.6) is 5.75 Å². The van der Waals surface area contributed by atoms with Crippen molar-refractivity contribution in [3.63, 3.8) is 0 Å². The van der Waals surface area contributed by atoms with Crippen molar-refractivity contribution in [2.24, 2.45) is 0 Å². The molecule has 0 aliphatic carbocycles. The van der Waals surface area contributed by atoms with Crippen molar-refractivity contribution in [3.05, 3.63) is 65.5 Å². The average molecular weight is 378 g/mol. The van der Waals surface area contributed by atoms with E-state index in [1.54, 1.807) is 0 Å². The normalized spacial score (nSPS) is 11.3. The molecule has 0 unspecified atom stereocenters. The van der Waals surface area contributed by atoms with Gasteiger partial charge in [0, 0.05) is 11.3 Å². The number of hydrogen-bond donors (Lipinski definition) is 1. The number of hydrogen-bond acceptors (Lipinski definition) is 4. The fourth-order valence-electron chi connectivity index (χ4n) is 2.72. The Morgan fingerprint density at radius 3 is 2.43 bits per heavy atom. The van der Waals surface area contributed by atoms with E-state index in [4.69, 9.17) is 9.15 Å². The summed E-state index contributed by atoms with van der Waals surface area (Å²) < 4.78 is 11.2. The predicted octanol–water partition coefficient (Wildman–Crippen LogP) is 5.27. The summed E-state index contributed by atoms with van der Waals surface area (Å²) in [7, 11) is 0. The van der Waals surface area contributed by atoms with Crippen molar-refractivity contribution in [1.29, 1.82) is 0 Å². The van der Waals surface area contributed by atoms with Crippen molar-refractivity contribution < 1.29 is 13.9 Å². The highest BCUT2D eigenvalue weighted by Gasteiger charge is 2.13. The standard InChI is InChI=1S/C23H26N2O3/c1-15-16(2)28-22(24-15)17-7-6-8-19(13-17)25-21(26)14-27-20-11-9-18(10-12-20)23(3,4)5/h6-13H,14H2,1-5H3,(H,25,26). The van der Waals surface area contributed by atoms with Crippen LogP contribution in [-0.4, -0.2) is 17.5 Å². The predicted molar refractivity (Wildman–Crippen MR) is 111 cm³/mol. The number of amides is 1. The Morgan fingerprint density at radius 2 is 1.82 bits per heavy atom. The van der Waals surface area contributed by atoms with Crippen LogP contribution in [0.25, 0.3) is 11.5 Å². The Balaban J connectivity index is 1.60. The zero-order valence-corrected chi connectivity index (χ0v) is 17.0. The molecule has 0 saturated carbocycles. The van der Waals surface area contributed by atoms with Gasteiger partial charge in [0.15, 0.2) is 6.61 Å². The SMILES string of the molecule is Cc1nc(-c2cccc(NC(=O)COc3ccc(C(C)(C)C)cc3)c2)oc1C. The Morgan fingerprint density at radius 1 is 1.11 bits per heavy atom. The lowest BCUT2D eigenvalue weighted by Crippen LogP contribution is -2.20. The van der Waals surface area contributed by atoms with E-state index in [2.05, 4.69) is 31.1 Å². The summed E-state index contributed by atoms with van der Waals surface area (Å²) >= 11 is 0. The van der Waals surface area contributed by atoms with E-state index in [1.165, 1.54) is 5.56 Å². The molecule has 2 aromatic carbocycles. The monoisotopic (exact) mass is 378 g/mol. The molecular weight excluding hydrogens is 352 g/mol. The second kappa shape index (κ2) is 7.89. The van der Waals surface area contributed by atoms with E-state index >= 15 is 0 Å². The molecule has 0 atom stereocenters.